The number of halogens is 4. The molecule has 9 heteroatoms. The van der Waals surface area contributed by atoms with Crippen molar-refractivity contribution in [3.8, 4) is 16.9 Å². The van der Waals surface area contributed by atoms with Gasteiger partial charge in [0.2, 0.25) is 0 Å². The van der Waals surface area contributed by atoms with Crippen LogP contribution >= 0.6 is 11.9 Å². The molecule has 0 amide bonds. The number of carbonyl (C=O) groups is 1. The number of hydrogen-bond donors (Lipinski definition) is 2. The van der Waals surface area contributed by atoms with Crippen molar-refractivity contribution in [3.63, 3.8) is 0 Å². The first kappa shape index (κ1) is 21.5. The van der Waals surface area contributed by atoms with E-state index < -0.39 is 23.5 Å². The van der Waals surface area contributed by atoms with Gasteiger partial charge in [-0.3, -0.25) is 0 Å². The molecule has 0 aliphatic carbocycles. The number of nitrogens with one attached hydrogen (secondary N) is 1. The zero-order chi connectivity index (χ0) is 21.9. The van der Waals surface area contributed by atoms with E-state index in [0.717, 1.165) is 24.1 Å². The molecule has 0 fully saturated rings. The van der Waals surface area contributed by atoms with E-state index in [2.05, 4.69) is 4.72 Å². The molecule has 0 spiro atoms. The molecule has 0 unspecified atom stereocenters. The SMILES string of the molecule is COc1ccc(C(=O)O)cc1SNc1cc(C(F)(F)F)ccc1-c1cccc(F)c1. The monoisotopic (exact) mass is 437 g/mol. The van der Waals surface area contributed by atoms with Crippen molar-refractivity contribution < 1.29 is 32.2 Å². The number of alkyl halides is 3. The smallest absolute Gasteiger partial charge is 0.416 e. The molecular formula is C21H15F4NO3S. The summed E-state index contributed by atoms with van der Waals surface area (Å²) in [5, 5.41) is 9.17. The van der Waals surface area contributed by atoms with Crippen LogP contribution in [0.25, 0.3) is 11.1 Å². The third kappa shape index (κ3) is 4.85. The van der Waals surface area contributed by atoms with Crippen LogP contribution in [-0.2, 0) is 6.18 Å². The molecule has 0 bridgehead atoms. The molecule has 30 heavy (non-hydrogen) atoms. The van der Waals surface area contributed by atoms with Crippen LogP contribution in [0.15, 0.2) is 65.6 Å². The van der Waals surface area contributed by atoms with E-state index in [0.29, 0.717) is 21.8 Å². The fourth-order valence-electron chi connectivity index (χ4n) is 2.71. The summed E-state index contributed by atoms with van der Waals surface area (Å²) in [4.78, 5) is 11.6. The van der Waals surface area contributed by atoms with E-state index in [1.807, 2.05) is 0 Å². The number of anilines is 1. The van der Waals surface area contributed by atoms with Crippen molar-refractivity contribution in [2.45, 2.75) is 11.1 Å². The Hall–Kier alpha value is -3.20. The number of aromatic carboxylic acids is 1. The van der Waals surface area contributed by atoms with E-state index in [1.165, 1.54) is 49.6 Å². The van der Waals surface area contributed by atoms with E-state index in [-0.39, 0.29) is 11.3 Å². The molecule has 0 aromatic heterocycles. The first-order valence-electron chi connectivity index (χ1n) is 8.50. The van der Waals surface area contributed by atoms with Gasteiger partial charge < -0.3 is 14.6 Å². The summed E-state index contributed by atoms with van der Waals surface area (Å²) in [5.41, 5.74) is -0.0591. The lowest BCUT2D eigenvalue weighted by atomic mass is 10.0. The lowest BCUT2D eigenvalue weighted by Gasteiger charge is -2.16. The molecule has 156 valence electrons. The molecule has 0 heterocycles. The van der Waals surface area contributed by atoms with Crippen molar-refractivity contribution in [2.75, 3.05) is 11.8 Å². The molecule has 0 atom stereocenters. The fourth-order valence-corrected chi connectivity index (χ4v) is 3.54. The Morgan fingerprint density at radius 2 is 1.83 bits per heavy atom. The Morgan fingerprint density at radius 3 is 2.47 bits per heavy atom. The molecule has 0 saturated carbocycles. The van der Waals surface area contributed by atoms with E-state index in [1.54, 1.807) is 6.07 Å². The molecular weight excluding hydrogens is 422 g/mol. The largest absolute Gasteiger partial charge is 0.496 e. The molecule has 0 radical (unpaired) electrons. The topological polar surface area (TPSA) is 58.6 Å². The average molecular weight is 437 g/mol. The lowest BCUT2D eigenvalue weighted by Crippen LogP contribution is -2.06. The van der Waals surface area contributed by atoms with Crippen molar-refractivity contribution in [2.24, 2.45) is 0 Å². The highest BCUT2D eigenvalue weighted by Crippen LogP contribution is 2.39. The van der Waals surface area contributed by atoms with E-state index in [4.69, 9.17) is 4.74 Å². The Morgan fingerprint density at radius 1 is 1.07 bits per heavy atom. The third-order valence-electron chi connectivity index (χ3n) is 4.16. The predicted octanol–water partition coefficient (Wildman–Crippen LogP) is 6.34. The first-order valence-corrected chi connectivity index (χ1v) is 9.32. The van der Waals surface area contributed by atoms with Gasteiger partial charge in [0.15, 0.2) is 0 Å². The van der Waals surface area contributed by atoms with Gasteiger partial charge in [-0.15, -0.1) is 0 Å². The normalized spacial score (nSPS) is 11.2. The van der Waals surface area contributed by atoms with Crippen LogP contribution < -0.4 is 9.46 Å². The van der Waals surface area contributed by atoms with Crippen LogP contribution in [0.4, 0.5) is 23.2 Å². The van der Waals surface area contributed by atoms with Gasteiger partial charge in [-0.05, 0) is 60.0 Å². The third-order valence-corrected chi connectivity index (χ3v) is 5.02. The van der Waals surface area contributed by atoms with Gasteiger partial charge in [0.1, 0.15) is 11.6 Å². The molecule has 2 N–H and O–H groups in total. The van der Waals surface area contributed by atoms with Gasteiger partial charge in [0, 0.05) is 5.56 Å². The number of rotatable bonds is 6. The summed E-state index contributed by atoms with van der Waals surface area (Å²) < 4.78 is 61.3. The van der Waals surface area contributed by atoms with E-state index in [9.17, 15) is 27.5 Å². The second kappa shape index (κ2) is 8.66. The molecule has 0 saturated heterocycles. The zero-order valence-electron chi connectivity index (χ0n) is 15.5. The van der Waals surface area contributed by atoms with Crippen LogP contribution in [0.1, 0.15) is 15.9 Å². The summed E-state index contributed by atoms with van der Waals surface area (Å²) in [7, 11) is 1.39. The quantitative estimate of drug-likeness (QED) is 0.348. The van der Waals surface area contributed by atoms with Gasteiger partial charge in [-0.25, -0.2) is 9.18 Å². The van der Waals surface area contributed by atoms with Gasteiger partial charge in [-0.1, -0.05) is 18.2 Å². The number of ether oxygens (including phenoxy) is 1. The van der Waals surface area contributed by atoms with Crippen molar-refractivity contribution in [1.82, 2.24) is 0 Å². The van der Waals surface area contributed by atoms with Crippen molar-refractivity contribution in [3.05, 3.63) is 77.6 Å². The Labute approximate surface area is 173 Å². The molecule has 3 aromatic carbocycles. The van der Waals surface area contributed by atoms with Gasteiger partial charge in [0.25, 0.3) is 0 Å². The summed E-state index contributed by atoms with van der Waals surface area (Å²) in [6.07, 6.45) is -4.57. The van der Waals surface area contributed by atoms with Gasteiger partial charge >= 0.3 is 12.1 Å². The highest BCUT2D eigenvalue weighted by Gasteiger charge is 2.31. The maximum absolute atomic E-state index is 13.6. The maximum atomic E-state index is 13.6. The maximum Gasteiger partial charge on any atom is 0.416 e. The summed E-state index contributed by atoms with van der Waals surface area (Å²) in [6.45, 7) is 0. The molecule has 0 aliphatic rings. The Bertz CT molecular complexity index is 1090. The van der Waals surface area contributed by atoms with Crippen LogP contribution in [0.2, 0.25) is 0 Å². The van der Waals surface area contributed by atoms with Crippen LogP contribution in [0.5, 0.6) is 5.75 Å². The van der Waals surface area contributed by atoms with Crippen molar-refractivity contribution >= 4 is 23.6 Å². The summed E-state index contributed by atoms with van der Waals surface area (Å²) in [6, 6.07) is 12.7. The zero-order valence-corrected chi connectivity index (χ0v) is 16.3. The number of benzene rings is 3. The van der Waals surface area contributed by atoms with E-state index >= 15 is 0 Å². The minimum atomic E-state index is -4.57. The number of methoxy groups -OCH3 is 1. The highest BCUT2D eigenvalue weighted by atomic mass is 32.2. The summed E-state index contributed by atoms with van der Waals surface area (Å²) >= 11 is 0.889. The Kier molecular flexibility index (Phi) is 6.21. The second-order valence-electron chi connectivity index (χ2n) is 6.14. The Balaban J connectivity index is 2.02. The molecule has 3 aromatic rings. The summed E-state index contributed by atoms with van der Waals surface area (Å²) in [5.74, 6) is -1.34. The average Bonchev–Trinajstić information content (AvgIpc) is 2.71. The minimum Gasteiger partial charge on any atom is -0.496 e. The number of carboxylic acid groups (broad SMARTS) is 1. The lowest BCUT2D eigenvalue weighted by molar-refractivity contribution is -0.137. The fraction of sp³-hybridized carbons (Fsp3) is 0.0952. The number of hydrogen-bond acceptors (Lipinski definition) is 4. The minimum absolute atomic E-state index is 0.00510. The van der Waals surface area contributed by atoms with Crippen LogP contribution in [0.3, 0.4) is 0 Å². The number of carboxylic acids is 1. The predicted molar refractivity (Wildman–Crippen MR) is 106 cm³/mol. The molecule has 4 nitrogen and oxygen atoms in total. The van der Waals surface area contributed by atoms with Gasteiger partial charge in [-0.2, -0.15) is 13.2 Å². The first-order chi connectivity index (χ1) is 14.2. The van der Waals surface area contributed by atoms with Gasteiger partial charge in [0.05, 0.1) is 28.8 Å². The molecule has 3 rings (SSSR count). The second-order valence-corrected chi connectivity index (χ2v) is 6.99. The van der Waals surface area contributed by atoms with Crippen LogP contribution in [0, 0.1) is 5.82 Å². The standard InChI is InChI=1S/C21H15F4NO3S/c1-29-18-8-5-13(20(27)28)10-19(18)30-26-17-11-14(21(23,24)25)6-7-16(17)12-3-2-4-15(22)9-12/h2-11,26H,1H3,(H,27,28). The highest BCUT2D eigenvalue weighted by molar-refractivity contribution is 8.00. The van der Waals surface area contributed by atoms with Crippen molar-refractivity contribution in [1.29, 1.82) is 0 Å². The molecule has 0 aliphatic heterocycles. The van der Waals surface area contributed by atoms with Crippen LogP contribution in [-0.4, -0.2) is 18.2 Å².